The Labute approximate surface area is 164 Å². The molecule has 0 radical (unpaired) electrons. The van der Waals surface area contributed by atoms with Crippen LogP contribution in [0.25, 0.3) is 0 Å². The molecule has 0 fully saturated rings. The summed E-state index contributed by atoms with van der Waals surface area (Å²) in [5, 5.41) is 4.65. The van der Waals surface area contributed by atoms with Gasteiger partial charge in [-0.2, -0.15) is 5.10 Å². The van der Waals surface area contributed by atoms with E-state index in [2.05, 4.69) is 24.4 Å². The standard InChI is InChI=1S/C20H23ClN2O2S/c1-3-11-25-18-8-5-15(6-9-18)14-22-23-20(24)13-16-12-17(21)7-10-19(16)26-4-2/h5-10,12,14H,3-4,11,13H2,1-2H3,(H,23,24)/b22-14-. The summed E-state index contributed by atoms with van der Waals surface area (Å²) >= 11 is 7.74. The highest BCUT2D eigenvalue weighted by atomic mass is 35.5. The first-order chi connectivity index (χ1) is 12.6. The SMILES string of the molecule is CCCOc1ccc(/C=N\NC(=O)Cc2cc(Cl)ccc2SCC)cc1. The van der Waals surface area contributed by atoms with Crippen LogP contribution in [0, 0.1) is 0 Å². The van der Waals surface area contributed by atoms with E-state index in [1.54, 1.807) is 18.0 Å². The normalized spacial score (nSPS) is 10.9. The van der Waals surface area contributed by atoms with Gasteiger partial charge in [-0.05, 0) is 65.8 Å². The Morgan fingerprint density at radius 3 is 2.69 bits per heavy atom. The first-order valence-electron chi connectivity index (χ1n) is 8.58. The van der Waals surface area contributed by atoms with Crippen LogP contribution in [0.5, 0.6) is 5.75 Å². The number of nitrogens with one attached hydrogen (secondary N) is 1. The van der Waals surface area contributed by atoms with Gasteiger partial charge in [0, 0.05) is 9.92 Å². The average molecular weight is 391 g/mol. The maximum Gasteiger partial charge on any atom is 0.244 e. The molecule has 6 heteroatoms. The van der Waals surface area contributed by atoms with E-state index < -0.39 is 0 Å². The molecule has 1 amide bonds. The fraction of sp³-hybridized carbons (Fsp3) is 0.300. The number of hydrazone groups is 1. The minimum atomic E-state index is -0.177. The van der Waals surface area contributed by atoms with Crippen LogP contribution in [0.3, 0.4) is 0 Å². The molecule has 0 aliphatic heterocycles. The molecule has 0 aliphatic carbocycles. The fourth-order valence-corrected chi connectivity index (χ4v) is 3.23. The van der Waals surface area contributed by atoms with Crippen molar-refractivity contribution in [3.05, 3.63) is 58.6 Å². The minimum Gasteiger partial charge on any atom is -0.494 e. The van der Waals surface area contributed by atoms with Crippen LogP contribution in [-0.4, -0.2) is 24.5 Å². The molecule has 0 spiro atoms. The van der Waals surface area contributed by atoms with Crippen molar-refractivity contribution in [1.82, 2.24) is 5.43 Å². The Balaban J connectivity index is 1.90. The van der Waals surface area contributed by atoms with E-state index in [-0.39, 0.29) is 12.3 Å². The van der Waals surface area contributed by atoms with Crippen molar-refractivity contribution in [3.8, 4) is 5.75 Å². The first kappa shape index (κ1) is 20.3. The molecule has 0 unspecified atom stereocenters. The lowest BCUT2D eigenvalue weighted by Gasteiger charge is -2.08. The van der Waals surface area contributed by atoms with Gasteiger partial charge in [-0.15, -0.1) is 11.8 Å². The molecular weight excluding hydrogens is 368 g/mol. The second kappa shape index (κ2) is 10.9. The largest absolute Gasteiger partial charge is 0.494 e. The molecule has 0 aromatic heterocycles. The average Bonchev–Trinajstić information content (AvgIpc) is 2.63. The molecule has 2 aromatic carbocycles. The molecule has 0 saturated heterocycles. The monoisotopic (exact) mass is 390 g/mol. The maximum absolute atomic E-state index is 12.1. The van der Waals surface area contributed by atoms with Crippen molar-refractivity contribution in [2.24, 2.45) is 5.10 Å². The molecule has 2 rings (SSSR count). The number of carbonyl (C=O) groups is 1. The zero-order valence-corrected chi connectivity index (χ0v) is 16.6. The molecule has 138 valence electrons. The van der Waals surface area contributed by atoms with Gasteiger partial charge in [0.1, 0.15) is 5.75 Å². The zero-order chi connectivity index (χ0) is 18.8. The lowest BCUT2D eigenvalue weighted by molar-refractivity contribution is -0.120. The van der Waals surface area contributed by atoms with Crippen LogP contribution in [0.1, 0.15) is 31.4 Å². The summed E-state index contributed by atoms with van der Waals surface area (Å²) in [6.07, 6.45) is 2.82. The number of hydrogen-bond acceptors (Lipinski definition) is 4. The molecule has 26 heavy (non-hydrogen) atoms. The van der Waals surface area contributed by atoms with Gasteiger partial charge in [0.25, 0.3) is 0 Å². The molecule has 0 saturated carbocycles. The Hall–Kier alpha value is -1.98. The van der Waals surface area contributed by atoms with Crippen LogP contribution in [0.4, 0.5) is 0 Å². The summed E-state index contributed by atoms with van der Waals surface area (Å²) in [6.45, 7) is 4.84. The zero-order valence-electron chi connectivity index (χ0n) is 15.0. The van der Waals surface area contributed by atoms with Crippen molar-refractivity contribution < 1.29 is 9.53 Å². The lowest BCUT2D eigenvalue weighted by Crippen LogP contribution is -2.20. The summed E-state index contributed by atoms with van der Waals surface area (Å²) in [7, 11) is 0. The number of carbonyl (C=O) groups excluding carboxylic acids is 1. The number of nitrogens with zero attached hydrogens (tertiary/aromatic N) is 1. The van der Waals surface area contributed by atoms with Crippen LogP contribution < -0.4 is 10.2 Å². The molecule has 0 heterocycles. The van der Waals surface area contributed by atoms with Gasteiger partial charge in [-0.25, -0.2) is 5.43 Å². The Morgan fingerprint density at radius 2 is 2.00 bits per heavy atom. The van der Waals surface area contributed by atoms with Crippen molar-refractivity contribution in [2.75, 3.05) is 12.4 Å². The van der Waals surface area contributed by atoms with Crippen LogP contribution in [0.15, 0.2) is 52.5 Å². The van der Waals surface area contributed by atoms with Crippen molar-refractivity contribution in [2.45, 2.75) is 31.6 Å². The first-order valence-corrected chi connectivity index (χ1v) is 9.94. The van der Waals surface area contributed by atoms with Crippen molar-refractivity contribution in [3.63, 3.8) is 0 Å². The van der Waals surface area contributed by atoms with E-state index in [1.165, 1.54) is 0 Å². The second-order valence-electron chi connectivity index (χ2n) is 5.57. The summed E-state index contributed by atoms with van der Waals surface area (Å²) < 4.78 is 5.53. The van der Waals surface area contributed by atoms with E-state index in [0.29, 0.717) is 11.6 Å². The summed E-state index contributed by atoms with van der Waals surface area (Å²) in [5.74, 6) is 1.59. The summed E-state index contributed by atoms with van der Waals surface area (Å²) in [5.41, 5.74) is 4.36. The van der Waals surface area contributed by atoms with Gasteiger partial charge >= 0.3 is 0 Å². The second-order valence-corrected chi connectivity index (χ2v) is 7.31. The molecule has 0 aliphatic rings. The van der Waals surface area contributed by atoms with Gasteiger partial charge in [0.15, 0.2) is 0 Å². The number of amides is 1. The number of thioether (sulfide) groups is 1. The molecular formula is C20H23ClN2O2S. The third kappa shape index (κ3) is 6.73. The number of hydrogen-bond donors (Lipinski definition) is 1. The quantitative estimate of drug-likeness (QED) is 0.375. The molecule has 0 bridgehead atoms. The van der Waals surface area contributed by atoms with Crippen LogP contribution >= 0.6 is 23.4 Å². The van der Waals surface area contributed by atoms with E-state index in [9.17, 15) is 4.79 Å². The molecule has 1 N–H and O–H groups in total. The van der Waals surface area contributed by atoms with Gasteiger partial charge in [0.05, 0.1) is 19.2 Å². The third-order valence-electron chi connectivity index (χ3n) is 3.43. The Morgan fingerprint density at radius 1 is 1.23 bits per heavy atom. The van der Waals surface area contributed by atoms with Crippen molar-refractivity contribution in [1.29, 1.82) is 0 Å². The maximum atomic E-state index is 12.1. The van der Waals surface area contributed by atoms with Gasteiger partial charge in [-0.1, -0.05) is 25.4 Å². The molecule has 2 aromatic rings. The smallest absolute Gasteiger partial charge is 0.244 e. The van der Waals surface area contributed by atoms with Crippen LogP contribution in [-0.2, 0) is 11.2 Å². The number of benzene rings is 2. The highest BCUT2D eigenvalue weighted by Crippen LogP contribution is 2.26. The molecule has 4 nitrogen and oxygen atoms in total. The van der Waals surface area contributed by atoms with Crippen LogP contribution in [0.2, 0.25) is 5.02 Å². The van der Waals surface area contributed by atoms with Gasteiger partial charge in [0.2, 0.25) is 5.91 Å². The highest BCUT2D eigenvalue weighted by Gasteiger charge is 2.08. The third-order valence-corrected chi connectivity index (χ3v) is 4.66. The van der Waals surface area contributed by atoms with E-state index in [1.807, 2.05) is 42.5 Å². The van der Waals surface area contributed by atoms with E-state index in [4.69, 9.17) is 16.3 Å². The Bertz CT molecular complexity index is 748. The number of rotatable bonds is 9. The van der Waals surface area contributed by atoms with E-state index >= 15 is 0 Å². The fourth-order valence-electron chi connectivity index (χ4n) is 2.24. The van der Waals surface area contributed by atoms with Gasteiger partial charge in [-0.3, -0.25) is 4.79 Å². The molecule has 0 atom stereocenters. The van der Waals surface area contributed by atoms with Gasteiger partial charge < -0.3 is 4.74 Å². The van der Waals surface area contributed by atoms with Crippen molar-refractivity contribution >= 4 is 35.5 Å². The lowest BCUT2D eigenvalue weighted by atomic mass is 10.1. The summed E-state index contributed by atoms with van der Waals surface area (Å²) in [6, 6.07) is 13.2. The number of halogens is 1. The topological polar surface area (TPSA) is 50.7 Å². The number of ether oxygens (including phenoxy) is 1. The predicted molar refractivity (Wildman–Crippen MR) is 110 cm³/mol. The summed E-state index contributed by atoms with van der Waals surface area (Å²) in [4.78, 5) is 13.2. The Kier molecular flexibility index (Phi) is 8.51. The highest BCUT2D eigenvalue weighted by molar-refractivity contribution is 7.99. The predicted octanol–water partition coefficient (Wildman–Crippen LogP) is 4.93. The minimum absolute atomic E-state index is 0.177. The van der Waals surface area contributed by atoms with E-state index in [0.717, 1.165) is 33.9 Å².